The van der Waals surface area contributed by atoms with Gasteiger partial charge >= 0.3 is 5.97 Å². The van der Waals surface area contributed by atoms with Crippen molar-refractivity contribution < 1.29 is 28.6 Å². The molecule has 1 saturated heterocycles. The smallest absolute Gasteiger partial charge is 0.319 e. The molecular weight excluding hydrogens is 660 g/mol. The number of hydrogen-bond donors (Lipinski definition) is 3. The highest BCUT2D eigenvalue weighted by Crippen LogP contribution is 2.43. The molecule has 1 aromatic heterocycles. The molecule has 0 unspecified atom stereocenters. The number of carbonyl (C=O) groups excluding carboxylic acids is 2. The fraction of sp³-hybridized carbons (Fsp3) is 0.343. The van der Waals surface area contributed by atoms with E-state index in [0.717, 1.165) is 18.5 Å². The van der Waals surface area contributed by atoms with E-state index in [2.05, 4.69) is 15.7 Å². The number of hydrogen-bond acceptors (Lipinski definition) is 8. The molecule has 1 fully saturated rings. The van der Waals surface area contributed by atoms with Crippen molar-refractivity contribution in [3.8, 4) is 28.0 Å². The average Bonchev–Trinajstić information content (AvgIpc) is 3.72. The van der Waals surface area contributed by atoms with Gasteiger partial charge in [-0.1, -0.05) is 53.5 Å². The predicted octanol–water partition coefficient (Wildman–Crippen LogP) is 6.09. The molecule has 1 amide bonds. The minimum Gasteiger partial charge on any atom is -0.496 e. The summed E-state index contributed by atoms with van der Waals surface area (Å²) in [4.78, 5) is 27.0. The van der Waals surface area contributed by atoms with E-state index < -0.39 is 17.8 Å². The number of anilines is 1. The lowest BCUT2D eigenvalue weighted by Crippen LogP contribution is -2.32. The van der Waals surface area contributed by atoms with Crippen LogP contribution in [0.25, 0.3) is 22.3 Å². The number of likely N-dealkylation sites (tertiary alicyclic amines) is 1. The predicted molar refractivity (Wildman–Crippen MR) is 182 cm³/mol. The standard InChI is InChI=1S/C35H36Cl2FN5O5/c1-47-31-15-20(14-26(38)25(31)19-42-13-11-21(44)18-42)22-6-3-7-23(33(22)36)24-8-4-9-28(34(24)37)40-35(46)29-16-30-27(39-17-32(45)48-2)10-5-12-43(30)41-29/h3-4,6-9,14-16,21,27,39,44H,5,10-13,17-19H2,1-2H3,(H,40,46)/t21-,27-/m1/s1. The molecule has 3 N–H and O–H groups in total. The fourth-order valence-electron chi connectivity index (χ4n) is 6.35. The normalized spacial score (nSPS) is 17.6. The van der Waals surface area contributed by atoms with Crippen LogP contribution in [0.3, 0.4) is 0 Å². The topological polar surface area (TPSA) is 118 Å². The Kier molecular flexibility index (Phi) is 10.3. The molecule has 0 saturated carbocycles. The largest absolute Gasteiger partial charge is 0.496 e. The summed E-state index contributed by atoms with van der Waals surface area (Å²) in [6, 6.07) is 15.4. The number of esters is 1. The van der Waals surface area contributed by atoms with Crippen LogP contribution in [0.15, 0.2) is 54.6 Å². The maximum absolute atomic E-state index is 15.5. The summed E-state index contributed by atoms with van der Waals surface area (Å²) in [6.45, 7) is 2.20. The van der Waals surface area contributed by atoms with Crippen molar-refractivity contribution in [2.75, 3.05) is 39.2 Å². The minimum atomic E-state index is -0.436. The van der Waals surface area contributed by atoms with Crippen LogP contribution in [-0.4, -0.2) is 71.6 Å². The van der Waals surface area contributed by atoms with Gasteiger partial charge in [-0.15, -0.1) is 0 Å². The fourth-order valence-corrected chi connectivity index (χ4v) is 6.96. The molecule has 10 nitrogen and oxygen atoms in total. The summed E-state index contributed by atoms with van der Waals surface area (Å²) in [5.74, 6) is -0.845. The number of halogens is 3. The maximum atomic E-state index is 15.5. The van der Waals surface area contributed by atoms with Crippen LogP contribution in [0.4, 0.5) is 10.1 Å². The summed E-state index contributed by atoms with van der Waals surface area (Å²) in [6.07, 6.45) is 1.88. The first-order chi connectivity index (χ1) is 23.2. The van der Waals surface area contributed by atoms with Crippen molar-refractivity contribution in [3.63, 3.8) is 0 Å². The number of aliphatic hydroxyl groups is 1. The van der Waals surface area contributed by atoms with E-state index in [1.807, 2.05) is 17.0 Å². The number of aryl methyl sites for hydroxylation is 1. The third-order valence-electron chi connectivity index (χ3n) is 8.83. The summed E-state index contributed by atoms with van der Waals surface area (Å²) in [7, 11) is 2.83. The number of nitrogens with zero attached hydrogens (tertiary/aromatic N) is 3. The number of methoxy groups -OCH3 is 2. The third kappa shape index (κ3) is 7.06. The molecule has 2 aliphatic rings. The summed E-state index contributed by atoms with van der Waals surface area (Å²) in [5.41, 5.74) is 4.12. The van der Waals surface area contributed by atoms with Gasteiger partial charge in [0.05, 0.1) is 48.3 Å². The van der Waals surface area contributed by atoms with Gasteiger partial charge in [-0.3, -0.25) is 24.5 Å². The first-order valence-electron chi connectivity index (χ1n) is 15.7. The number of fused-ring (bicyclic) bond motifs is 1. The number of ether oxygens (including phenoxy) is 2. The molecule has 3 aromatic carbocycles. The van der Waals surface area contributed by atoms with E-state index in [1.165, 1.54) is 20.3 Å². The van der Waals surface area contributed by atoms with Gasteiger partial charge < -0.3 is 19.9 Å². The summed E-state index contributed by atoms with van der Waals surface area (Å²) >= 11 is 13.9. The molecule has 3 heterocycles. The quantitative estimate of drug-likeness (QED) is 0.171. The SMILES string of the molecule is COC(=O)CN[C@@H]1CCCn2nc(C(=O)Nc3cccc(-c4cccc(-c5cc(F)c(CN6CC[C@@H](O)C6)c(OC)c5)c4Cl)c3Cl)cc21. The lowest BCUT2D eigenvalue weighted by Gasteiger charge is -2.24. The van der Waals surface area contributed by atoms with Crippen LogP contribution in [0.5, 0.6) is 5.75 Å². The molecule has 0 aliphatic carbocycles. The summed E-state index contributed by atoms with van der Waals surface area (Å²) in [5, 5.41) is 21.1. The lowest BCUT2D eigenvalue weighted by molar-refractivity contribution is -0.139. The number of nitrogens with one attached hydrogen (secondary N) is 2. The molecule has 0 spiro atoms. The van der Waals surface area contributed by atoms with Gasteiger partial charge in [-0.2, -0.15) is 5.10 Å². The van der Waals surface area contributed by atoms with Crippen LogP contribution >= 0.6 is 23.2 Å². The van der Waals surface area contributed by atoms with Crippen LogP contribution in [0, 0.1) is 5.82 Å². The van der Waals surface area contributed by atoms with Gasteiger partial charge in [0.25, 0.3) is 5.91 Å². The van der Waals surface area contributed by atoms with Crippen molar-refractivity contribution >= 4 is 40.8 Å². The number of benzene rings is 3. The van der Waals surface area contributed by atoms with Gasteiger partial charge in [-0.25, -0.2) is 4.39 Å². The van der Waals surface area contributed by atoms with E-state index in [9.17, 15) is 14.7 Å². The van der Waals surface area contributed by atoms with Crippen molar-refractivity contribution in [1.29, 1.82) is 0 Å². The number of aliphatic hydroxyl groups excluding tert-OH is 1. The highest BCUT2D eigenvalue weighted by Gasteiger charge is 2.27. The highest BCUT2D eigenvalue weighted by atomic mass is 35.5. The summed E-state index contributed by atoms with van der Waals surface area (Å²) < 4.78 is 27.6. The molecule has 48 heavy (non-hydrogen) atoms. The average molecular weight is 697 g/mol. The number of β-amino-alcohol motifs (C(OH)–C–C–N with tert-alkyl or cyclic N) is 1. The Bertz CT molecular complexity index is 1850. The molecule has 0 bridgehead atoms. The van der Waals surface area contributed by atoms with E-state index in [4.69, 9.17) is 32.7 Å². The number of aromatic nitrogens is 2. The van der Waals surface area contributed by atoms with E-state index in [1.54, 1.807) is 41.1 Å². The first-order valence-corrected chi connectivity index (χ1v) is 16.5. The Morgan fingerprint density at radius 2 is 1.77 bits per heavy atom. The van der Waals surface area contributed by atoms with Gasteiger partial charge in [-0.05, 0) is 49.1 Å². The van der Waals surface area contributed by atoms with Crippen molar-refractivity contribution in [2.24, 2.45) is 0 Å². The second-order valence-corrected chi connectivity index (χ2v) is 12.7. The van der Waals surface area contributed by atoms with E-state index in [0.29, 0.717) is 76.9 Å². The first kappa shape index (κ1) is 33.9. The zero-order chi connectivity index (χ0) is 33.9. The molecule has 2 aliphatic heterocycles. The molecule has 4 aromatic rings. The Morgan fingerprint density at radius 1 is 1.02 bits per heavy atom. The third-order valence-corrected chi connectivity index (χ3v) is 9.65. The highest BCUT2D eigenvalue weighted by molar-refractivity contribution is 6.39. The molecule has 0 radical (unpaired) electrons. The van der Waals surface area contributed by atoms with Crippen molar-refractivity contribution in [2.45, 2.75) is 44.5 Å². The van der Waals surface area contributed by atoms with Crippen molar-refractivity contribution in [1.82, 2.24) is 20.0 Å². The second kappa shape index (κ2) is 14.6. The van der Waals surface area contributed by atoms with Crippen LogP contribution < -0.4 is 15.4 Å². The van der Waals surface area contributed by atoms with Gasteiger partial charge in [0.2, 0.25) is 0 Å². The molecular formula is C35H36Cl2FN5O5. The number of rotatable bonds is 10. The molecule has 6 rings (SSSR count). The Morgan fingerprint density at radius 3 is 2.50 bits per heavy atom. The Balaban J connectivity index is 1.24. The number of amides is 1. The van der Waals surface area contributed by atoms with Crippen LogP contribution in [-0.2, 0) is 22.6 Å². The molecule has 252 valence electrons. The molecule has 2 atom stereocenters. The minimum absolute atomic E-state index is 0.0539. The zero-order valence-electron chi connectivity index (χ0n) is 26.6. The lowest BCUT2D eigenvalue weighted by atomic mass is 9.97. The maximum Gasteiger partial charge on any atom is 0.319 e. The monoisotopic (exact) mass is 695 g/mol. The van der Waals surface area contributed by atoms with Gasteiger partial charge in [0.15, 0.2) is 5.69 Å². The number of carbonyl (C=O) groups is 2. The second-order valence-electron chi connectivity index (χ2n) is 11.9. The Labute approximate surface area is 287 Å². The zero-order valence-corrected chi connectivity index (χ0v) is 28.1. The van der Waals surface area contributed by atoms with Crippen molar-refractivity contribution in [3.05, 3.63) is 87.4 Å². The van der Waals surface area contributed by atoms with Crippen LogP contribution in [0.1, 0.15) is 47.1 Å². The van der Waals surface area contributed by atoms with E-state index in [-0.39, 0.29) is 29.3 Å². The van der Waals surface area contributed by atoms with Gasteiger partial charge in [0.1, 0.15) is 11.6 Å². The van der Waals surface area contributed by atoms with Crippen LogP contribution in [0.2, 0.25) is 10.0 Å². The van der Waals surface area contributed by atoms with E-state index >= 15 is 4.39 Å². The van der Waals surface area contributed by atoms with Gasteiger partial charge in [0, 0.05) is 54.5 Å². The Hall–Kier alpha value is -4.00. The molecule has 13 heteroatoms.